The van der Waals surface area contributed by atoms with E-state index in [-0.39, 0.29) is 0 Å². The highest BCUT2D eigenvalue weighted by Crippen LogP contribution is 2.30. The lowest BCUT2D eigenvalue weighted by Gasteiger charge is -2.05. The molecule has 0 spiro atoms. The van der Waals surface area contributed by atoms with Crippen molar-refractivity contribution >= 4 is 46.6 Å². The van der Waals surface area contributed by atoms with Gasteiger partial charge in [0.15, 0.2) is 0 Å². The van der Waals surface area contributed by atoms with Gasteiger partial charge in [-0.05, 0) is 29.8 Å². The zero-order valence-corrected chi connectivity index (χ0v) is 14.9. The molecule has 23 heavy (non-hydrogen) atoms. The van der Waals surface area contributed by atoms with Crippen molar-refractivity contribution in [1.29, 1.82) is 0 Å². The summed E-state index contributed by atoms with van der Waals surface area (Å²) in [6.07, 6.45) is 0. The largest absolute Gasteiger partial charge is 0.338 e. The van der Waals surface area contributed by atoms with Crippen LogP contribution in [0, 0.1) is 0 Å². The van der Waals surface area contributed by atoms with Crippen molar-refractivity contribution in [2.45, 2.75) is 11.5 Å². The zero-order valence-electron chi connectivity index (χ0n) is 11.8. The molecule has 0 radical (unpaired) electrons. The molecule has 2 aromatic carbocycles. The molecular weight excluding hydrogens is 375 g/mol. The van der Waals surface area contributed by atoms with Crippen molar-refractivity contribution in [3.63, 3.8) is 0 Å². The van der Waals surface area contributed by atoms with Crippen LogP contribution in [-0.2, 0) is 11.5 Å². The van der Waals surface area contributed by atoms with Crippen molar-refractivity contribution in [1.82, 2.24) is 10.1 Å². The topological polar surface area (TPSA) is 38.9 Å². The van der Waals surface area contributed by atoms with Gasteiger partial charge in [-0.25, -0.2) is 0 Å². The van der Waals surface area contributed by atoms with E-state index in [0.29, 0.717) is 38.3 Å². The second-order valence-corrected chi connectivity index (χ2v) is 6.89. The molecule has 0 bridgehead atoms. The Morgan fingerprint density at radius 2 is 1.57 bits per heavy atom. The van der Waals surface area contributed by atoms with Crippen LogP contribution in [-0.4, -0.2) is 10.1 Å². The van der Waals surface area contributed by atoms with E-state index in [1.807, 2.05) is 36.4 Å². The van der Waals surface area contributed by atoms with Crippen molar-refractivity contribution in [2.24, 2.45) is 0 Å². The third kappa shape index (κ3) is 4.01. The molecule has 0 aliphatic rings. The van der Waals surface area contributed by atoms with Crippen molar-refractivity contribution < 1.29 is 4.52 Å². The maximum absolute atomic E-state index is 6.15. The summed E-state index contributed by atoms with van der Waals surface area (Å²) in [4.78, 5) is 4.37. The molecule has 1 aromatic heterocycles. The highest BCUT2D eigenvalue weighted by atomic mass is 35.5. The van der Waals surface area contributed by atoms with E-state index >= 15 is 0 Å². The lowest BCUT2D eigenvalue weighted by molar-refractivity contribution is 0.391. The summed E-state index contributed by atoms with van der Waals surface area (Å²) >= 11 is 20.0. The summed E-state index contributed by atoms with van der Waals surface area (Å²) in [6, 6.07) is 12.9. The van der Waals surface area contributed by atoms with Crippen LogP contribution in [0.4, 0.5) is 0 Å². The predicted octanol–water partition coefficient (Wildman–Crippen LogP) is 6.13. The number of hydrogen-bond acceptors (Lipinski definition) is 4. The Morgan fingerprint density at radius 1 is 0.870 bits per heavy atom. The fourth-order valence-electron chi connectivity index (χ4n) is 1.98. The predicted molar refractivity (Wildman–Crippen MR) is 96.2 cm³/mol. The molecule has 0 aliphatic heterocycles. The molecule has 0 aliphatic carbocycles. The van der Waals surface area contributed by atoms with Crippen molar-refractivity contribution in [3.8, 4) is 11.4 Å². The van der Waals surface area contributed by atoms with Gasteiger partial charge in [0, 0.05) is 21.4 Å². The van der Waals surface area contributed by atoms with Gasteiger partial charge in [-0.15, -0.1) is 11.8 Å². The quantitative estimate of drug-likeness (QED) is 0.529. The summed E-state index contributed by atoms with van der Waals surface area (Å²) in [7, 11) is 0. The number of benzene rings is 2. The first-order valence-electron chi connectivity index (χ1n) is 6.73. The lowest BCUT2D eigenvalue weighted by Crippen LogP contribution is -1.87. The number of rotatable bonds is 5. The minimum Gasteiger partial charge on any atom is -0.338 e. The summed E-state index contributed by atoms with van der Waals surface area (Å²) in [5.41, 5.74) is 1.66. The van der Waals surface area contributed by atoms with E-state index < -0.39 is 0 Å². The third-order valence-corrected chi connectivity index (χ3v) is 5.10. The number of halogens is 3. The molecule has 3 rings (SSSR count). The van der Waals surface area contributed by atoms with Crippen LogP contribution in [0.1, 0.15) is 11.5 Å². The first kappa shape index (κ1) is 16.7. The van der Waals surface area contributed by atoms with Gasteiger partial charge in [-0.2, -0.15) is 4.98 Å². The maximum atomic E-state index is 6.15. The van der Waals surface area contributed by atoms with Gasteiger partial charge in [0.2, 0.25) is 11.7 Å². The number of nitrogens with zero attached hydrogens (tertiary/aromatic N) is 2. The second-order valence-electron chi connectivity index (χ2n) is 4.68. The van der Waals surface area contributed by atoms with Gasteiger partial charge in [0.05, 0.1) is 10.8 Å². The van der Waals surface area contributed by atoms with E-state index in [1.165, 1.54) is 0 Å². The van der Waals surface area contributed by atoms with Gasteiger partial charge in [0.25, 0.3) is 0 Å². The minimum atomic E-state index is 0.488. The summed E-state index contributed by atoms with van der Waals surface area (Å²) < 4.78 is 5.27. The minimum absolute atomic E-state index is 0.488. The highest BCUT2D eigenvalue weighted by molar-refractivity contribution is 7.97. The molecule has 0 saturated carbocycles. The fraction of sp³-hybridized carbons (Fsp3) is 0.125. The molecule has 3 nitrogen and oxygen atoms in total. The van der Waals surface area contributed by atoms with Crippen LogP contribution in [0.15, 0.2) is 47.0 Å². The van der Waals surface area contributed by atoms with Crippen LogP contribution in [0.5, 0.6) is 0 Å². The standard InChI is InChI=1S/C16H11Cl3N2OS/c17-12-5-2-1-4-10(12)16-20-15(22-21-16)9-23-8-11-13(18)6-3-7-14(11)19/h1-7H,8-9H2. The van der Waals surface area contributed by atoms with Crippen LogP contribution in [0.25, 0.3) is 11.4 Å². The molecule has 118 valence electrons. The number of hydrogen-bond donors (Lipinski definition) is 0. The zero-order chi connectivity index (χ0) is 16.2. The van der Waals surface area contributed by atoms with Crippen LogP contribution >= 0.6 is 46.6 Å². The molecular formula is C16H11Cl3N2OS. The average molecular weight is 386 g/mol. The molecule has 0 atom stereocenters. The maximum Gasteiger partial charge on any atom is 0.236 e. The Bertz CT molecular complexity index is 802. The Balaban J connectivity index is 1.65. The molecule has 0 saturated heterocycles. The molecule has 1 heterocycles. The van der Waals surface area contributed by atoms with Crippen LogP contribution in [0.3, 0.4) is 0 Å². The molecule has 3 aromatic rings. The molecule has 0 fully saturated rings. The van der Waals surface area contributed by atoms with Crippen molar-refractivity contribution in [3.05, 3.63) is 69.0 Å². The highest BCUT2D eigenvalue weighted by Gasteiger charge is 2.12. The first-order chi connectivity index (χ1) is 11.1. The number of aromatic nitrogens is 2. The van der Waals surface area contributed by atoms with Gasteiger partial charge >= 0.3 is 0 Å². The van der Waals surface area contributed by atoms with E-state index in [4.69, 9.17) is 39.3 Å². The van der Waals surface area contributed by atoms with Gasteiger partial charge in [-0.1, -0.05) is 58.2 Å². The van der Waals surface area contributed by atoms with E-state index in [0.717, 1.165) is 11.1 Å². The Labute approximate surface area is 152 Å². The molecule has 0 unspecified atom stereocenters. The Kier molecular flexibility index (Phi) is 5.49. The second kappa shape index (κ2) is 7.58. The van der Waals surface area contributed by atoms with Gasteiger partial charge in [-0.3, -0.25) is 0 Å². The molecule has 7 heteroatoms. The molecule has 0 amide bonds. The van der Waals surface area contributed by atoms with E-state index in [2.05, 4.69) is 10.1 Å². The van der Waals surface area contributed by atoms with Crippen LogP contribution < -0.4 is 0 Å². The normalized spacial score (nSPS) is 10.9. The summed E-state index contributed by atoms with van der Waals surface area (Å²) in [6.45, 7) is 0. The Morgan fingerprint density at radius 3 is 2.30 bits per heavy atom. The summed E-state index contributed by atoms with van der Waals surface area (Å²) in [5.74, 6) is 2.26. The summed E-state index contributed by atoms with van der Waals surface area (Å²) in [5, 5.41) is 5.88. The number of thioether (sulfide) groups is 1. The van der Waals surface area contributed by atoms with Gasteiger partial charge in [0.1, 0.15) is 0 Å². The first-order valence-corrected chi connectivity index (χ1v) is 9.02. The lowest BCUT2D eigenvalue weighted by atomic mass is 10.2. The molecule has 0 N–H and O–H groups in total. The SMILES string of the molecule is Clc1ccccc1-c1noc(CSCc2c(Cl)cccc2Cl)n1. The van der Waals surface area contributed by atoms with Crippen molar-refractivity contribution in [2.75, 3.05) is 0 Å². The van der Waals surface area contributed by atoms with E-state index in [1.54, 1.807) is 17.8 Å². The van der Waals surface area contributed by atoms with Gasteiger partial charge < -0.3 is 4.52 Å². The third-order valence-electron chi connectivity index (χ3n) is 3.12. The van der Waals surface area contributed by atoms with Crippen LogP contribution in [0.2, 0.25) is 15.1 Å². The average Bonchev–Trinajstić information content (AvgIpc) is 2.99. The van der Waals surface area contributed by atoms with E-state index in [9.17, 15) is 0 Å². The Hall–Kier alpha value is -1.20. The fourth-order valence-corrected chi connectivity index (χ4v) is 3.79. The smallest absolute Gasteiger partial charge is 0.236 e. The monoisotopic (exact) mass is 384 g/mol.